The number of nitrogens with one attached hydrogen (secondary N) is 1. The molecule has 0 unspecified atom stereocenters. The predicted molar refractivity (Wildman–Crippen MR) is 101 cm³/mol. The highest BCUT2D eigenvalue weighted by Gasteiger charge is 2.34. The van der Waals surface area contributed by atoms with Gasteiger partial charge in [0.1, 0.15) is 0 Å². The van der Waals surface area contributed by atoms with E-state index in [2.05, 4.69) is 15.5 Å². The number of carbonyl (C=O) groups excluding carboxylic acids is 3. The van der Waals surface area contributed by atoms with Crippen LogP contribution in [0.2, 0.25) is 0 Å². The van der Waals surface area contributed by atoms with E-state index in [-0.39, 0.29) is 37.2 Å². The van der Waals surface area contributed by atoms with Crippen molar-refractivity contribution >= 4 is 23.4 Å². The molecule has 0 bridgehead atoms. The minimum atomic E-state index is -0.296. The molecule has 0 radical (unpaired) electrons. The van der Waals surface area contributed by atoms with Gasteiger partial charge in [-0.3, -0.25) is 23.7 Å². The van der Waals surface area contributed by atoms with E-state index in [1.54, 1.807) is 16.5 Å². The van der Waals surface area contributed by atoms with Crippen molar-refractivity contribution in [3.8, 4) is 0 Å². The zero-order valence-corrected chi connectivity index (χ0v) is 15.4. The lowest BCUT2D eigenvalue weighted by Crippen LogP contribution is -2.32. The Kier molecular flexibility index (Phi) is 4.60. The Balaban J connectivity index is 1.29. The lowest BCUT2D eigenvalue weighted by molar-refractivity contribution is -0.121. The Bertz CT molecular complexity index is 1090. The number of benzene rings is 1. The molecule has 1 aliphatic heterocycles. The highest BCUT2D eigenvalue weighted by atomic mass is 16.2. The molecule has 8 nitrogen and oxygen atoms in total. The molecule has 1 N–H and O–H groups in total. The second-order valence-corrected chi connectivity index (χ2v) is 6.74. The Morgan fingerprint density at radius 2 is 1.89 bits per heavy atom. The number of imide groups is 1. The van der Waals surface area contributed by atoms with Crippen molar-refractivity contribution in [3.05, 3.63) is 65.1 Å². The number of aryl methyl sites for hydroxylation is 1. The SMILES string of the molecule is Cc1ccc2c(c1)C(=O)N(CCCC(=O)NCc1nnc3ccccn13)C2=O. The molecule has 0 saturated carbocycles. The highest BCUT2D eigenvalue weighted by molar-refractivity contribution is 6.21. The van der Waals surface area contributed by atoms with E-state index in [4.69, 9.17) is 0 Å². The van der Waals surface area contributed by atoms with E-state index < -0.39 is 0 Å². The van der Waals surface area contributed by atoms with Gasteiger partial charge in [0.25, 0.3) is 11.8 Å². The number of nitrogens with zero attached hydrogens (tertiary/aromatic N) is 4. The van der Waals surface area contributed by atoms with Crippen LogP contribution in [0.25, 0.3) is 5.65 Å². The van der Waals surface area contributed by atoms with Gasteiger partial charge in [0.15, 0.2) is 11.5 Å². The van der Waals surface area contributed by atoms with Gasteiger partial charge in [-0.2, -0.15) is 0 Å². The van der Waals surface area contributed by atoms with Crippen LogP contribution < -0.4 is 5.32 Å². The van der Waals surface area contributed by atoms with Crippen LogP contribution >= 0.6 is 0 Å². The third-order valence-corrected chi connectivity index (χ3v) is 4.74. The average Bonchev–Trinajstić information content (AvgIpc) is 3.21. The van der Waals surface area contributed by atoms with Gasteiger partial charge in [-0.15, -0.1) is 10.2 Å². The van der Waals surface area contributed by atoms with Crippen LogP contribution in [0.3, 0.4) is 0 Å². The topological polar surface area (TPSA) is 96.7 Å². The standard InChI is InChI=1S/C20H19N5O3/c1-13-7-8-14-15(11-13)20(28)25(19(14)27)10-4-6-18(26)21-12-17-23-22-16-5-2-3-9-24(16)17/h2-3,5,7-9,11H,4,6,10,12H2,1H3,(H,21,26). The summed E-state index contributed by atoms with van der Waals surface area (Å²) in [4.78, 5) is 38.1. The molecule has 3 aromatic rings. The molecule has 142 valence electrons. The summed E-state index contributed by atoms with van der Waals surface area (Å²) in [6.45, 7) is 2.35. The van der Waals surface area contributed by atoms with Gasteiger partial charge in [0, 0.05) is 19.2 Å². The normalized spacial score (nSPS) is 13.2. The first-order valence-corrected chi connectivity index (χ1v) is 9.07. The number of pyridine rings is 1. The second kappa shape index (κ2) is 7.22. The van der Waals surface area contributed by atoms with Crippen LogP contribution in [-0.4, -0.2) is 43.8 Å². The van der Waals surface area contributed by atoms with Gasteiger partial charge < -0.3 is 5.32 Å². The molecular weight excluding hydrogens is 358 g/mol. The van der Waals surface area contributed by atoms with E-state index >= 15 is 0 Å². The van der Waals surface area contributed by atoms with Crippen molar-refractivity contribution < 1.29 is 14.4 Å². The molecule has 8 heteroatoms. The van der Waals surface area contributed by atoms with Crippen molar-refractivity contribution in [1.29, 1.82) is 0 Å². The van der Waals surface area contributed by atoms with Gasteiger partial charge in [-0.05, 0) is 37.6 Å². The Hall–Kier alpha value is -3.55. The molecule has 1 aromatic carbocycles. The van der Waals surface area contributed by atoms with E-state index in [0.29, 0.717) is 29.0 Å². The number of fused-ring (bicyclic) bond motifs is 2. The Labute approximate surface area is 161 Å². The molecule has 3 heterocycles. The summed E-state index contributed by atoms with van der Waals surface area (Å²) in [5.74, 6) is -0.117. The molecule has 0 fully saturated rings. The Morgan fingerprint density at radius 1 is 1.07 bits per heavy atom. The van der Waals surface area contributed by atoms with Crippen molar-refractivity contribution in [2.45, 2.75) is 26.3 Å². The highest BCUT2D eigenvalue weighted by Crippen LogP contribution is 2.24. The van der Waals surface area contributed by atoms with Crippen LogP contribution in [0.5, 0.6) is 0 Å². The van der Waals surface area contributed by atoms with E-state index in [9.17, 15) is 14.4 Å². The fraction of sp³-hybridized carbons (Fsp3) is 0.250. The molecule has 1 aliphatic rings. The maximum atomic E-state index is 12.4. The number of hydrogen-bond acceptors (Lipinski definition) is 5. The van der Waals surface area contributed by atoms with E-state index in [1.807, 2.05) is 37.4 Å². The monoisotopic (exact) mass is 377 g/mol. The van der Waals surface area contributed by atoms with Crippen molar-refractivity contribution in [1.82, 2.24) is 24.8 Å². The average molecular weight is 377 g/mol. The molecule has 0 atom stereocenters. The molecule has 28 heavy (non-hydrogen) atoms. The minimum Gasteiger partial charge on any atom is -0.349 e. The lowest BCUT2D eigenvalue weighted by atomic mass is 10.1. The third kappa shape index (κ3) is 3.24. The van der Waals surface area contributed by atoms with Gasteiger partial charge >= 0.3 is 0 Å². The molecule has 4 rings (SSSR count). The fourth-order valence-electron chi connectivity index (χ4n) is 3.28. The Morgan fingerprint density at radius 3 is 2.75 bits per heavy atom. The molecule has 0 spiro atoms. The van der Waals surface area contributed by atoms with Crippen LogP contribution in [0.1, 0.15) is 44.9 Å². The van der Waals surface area contributed by atoms with Gasteiger partial charge in [-0.1, -0.05) is 17.7 Å². The molecule has 0 aliphatic carbocycles. The van der Waals surface area contributed by atoms with E-state index in [0.717, 1.165) is 5.56 Å². The summed E-state index contributed by atoms with van der Waals surface area (Å²) in [6, 6.07) is 10.8. The maximum Gasteiger partial charge on any atom is 0.261 e. The van der Waals surface area contributed by atoms with Crippen molar-refractivity contribution in [2.75, 3.05) is 6.54 Å². The first kappa shape index (κ1) is 17.8. The molecular formula is C20H19N5O3. The second-order valence-electron chi connectivity index (χ2n) is 6.74. The zero-order chi connectivity index (χ0) is 19.7. The van der Waals surface area contributed by atoms with Gasteiger partial charge in [-0.25, -0.2) is 0 Å². The number of amides is 3. The summed E-state index contributed by atoms with van der Waals surface area (Å²) >= 11 is 0. The molecule has 3 amide bonds. The number of aromatic nitrogens is 3. The molecule has 0 saturated heterocycles. The number of carbonyl (C=O) groups is 3. The maximum absolute atomic E-state index is 12.4. The summed E-state index contributed by atoms with van der Waals surface area (Å²) in [5, 5.41) is 10.9. The van der Waals surface area contributed by atoms with Gasteiger partial charge in [0.05, 0.1) is 17.7 Å². The quantitative estimate of drug-likeness (QED) is 0.660. The minimum absolute atomic E-state index is 0.167. The van der Waals surface area contributed by atoms with Crippen LogP contribution in [0.15, 0.2) is 42.6 Å². The zero-order valence-electron chi connectivity index (χ0n) is 15.4. The van der Waals surface area contributed by atoms with Crippen molar-refractivity contribution in [3.63, 3.8) is 0 Å². The number of hydrogen-bond donors (Lipinski definition) is 1. The predicted octanol–water partition coefficient (Wildman–Crippen LogP) is 1.73. The fourth-order valence-corrected chi connectivity index (χ4v) is 3.28. The van der Waals surface area contributed by atoms with E-state index in [1.165, 1.54) is 4.90 Å². The summed E-state index contributed by atoms with van der Waals surface area (Å²) in [7, 11) is 0. The summed E-state index contributed by atoms with van der Waals surface area (Å²) < 4.78 is 1.81. The summed E-state index contributed by atoms with van der Waals surface area (Å²) in [6.07, 6.45) is 2.45. The van der Waals surface area contributed by atoms with Crippen LogP contribution in [0, 0.1) is 6.92 Å². The third-order valence-electron chi connectivity index (χ3n) is 4.74. The largest absolute Gasteiger partial charge is 0.349 e. The molecule has 2 aromatic heterocycles. The first-order valence-electron chi connectivity index (χ1n) is 9.07. The van der Waals surface area contributed by atoms with Crippen LogP contribution in [0.4, 0.5) is 0 Å². The van der Waals surface area contributed by atoms with Gasteiger partial charge in [0.2, 0.25) is 5.91 Å². The lowest BCUT2D eigenvalue weighted by Gasteiger charge is -2.13. The smallest absolute Gasteiger partial charge is 0.261 e. The van der Waals surface area contributed by atoms with Crippen molar-refractivity contribution in [2.24, 2.45) is 0 Å². The first-order chi connectivity index (χ1) is 13.5. The number of rotatable bonds is 6. The summed E-state index contributed by atoms with van der Waals surface area (Å²) in [5.41, 5.74) is 2.52. The van der Waals surface area contributed by atoms with Crippen LogP contribution in [-0.2, 0) is 11.3 Å².